The van der Waals surface area contributed by atoms with Crippen LogP contribution in [0.5, 0.6) is 11.5 Å². The highest BCUT2D eigenvalue weighted by Gasteiger charge is 2.34. The van der Waals surface area contributed by atoms with Crippen LogP contribution < -0.4 is 19.7 Å². The molecule has 1 aromatic carbocycles. The zero-order valence-corrected chi connectivity index (χ0v) is 23.2. The van der Waals surface area contributed by atoms with Gasteiger partial charge in [-0.2, -0.15) is 0 Å². The first kappa shape index (κ1) is 27.9. The molecule has 1 amide bonds. The lowest BCUT2D eigenvalue weighted by Crippen LogP contribution is -2.40. The summed E-state index contributed by atoms with van der Waals surface area (Å²) in [6.45, 7) is 8.83. The first-order chi connectivity index (χ1) is 18.3. The van der Waals surface area contributed by atoms with Crippen LogP contribution in [0.25, 0.3) is 0 Å². The first-order valence-electron chi connectivity index (χ1n) is 12.9. The minimum Gasteiger partial charge on any atom is -0.491 e. The number of hydrogen-bond acceptors (Lipinski definition) is 8. The molecule has 4 rings (SSSR count). The van der Waals surface area contributed by atoms with Crippen LogP contribution in [-0.4, -0.2) is 78.4 Å². The molecule has 3 heterocycles. The van der Waals surface area contributed by atoms with Crippen molar-refractivity contribution >= 4 is 29.2 Å². The van der Waals surface area contributed by atoms with E-state index in [2.05, 4.69) is 10.3 Å². The number of Topliss-reactive ketones (excluding diaryl/α,β-unsaturated/α-hetero) is 1. The second kappa shape index (κ2) is 10.5. The predicted octanol–water partition coefficient (Wildman–Crippen LogP) is 2.83. The summed E-state index contributed by atoms with van der Waals surface area (Å²) in [7, 11) is 3.36. The Morgan fingerprint density at radius 1 is 1.26 bits per heavy atom. The van der Waals surface area contributed by atoms with E-state index in [9.17, 15) is 19.5 Å². The van der Waals surface area contributed by atoms with Crippen molar-refractivity contribution in [3.8, 4) is 11.5 Å². The molecule has 0 saturated carbocycles. The fourth-order valence-corrected chi connectivity index (χ4v) is 4.89. The number of hydrogen-bond donors (Lipinski definition) is 3. The molecule has 208 valence electrons. The van der Waals surface area contributed by atoms with Crippen LogP contribution >= 0.6 is 0 Å². The van der Waals surface area contributed by atoms with E-state index in [1.807, 2.05) is 39.6 Å². The number of carbonyl (C=O) groups excluding carboxylic acids is 2. The van der Waals surface area contributed by atoms with Gasteiger partial charge < -0.3 is 29.7 Å². The van der Waals surface area contributed by atoms with Gasteiger partial charge >= 0.3 is 5.97 Å². The second-order valence-electron chi connectivity index (χ2n) is 10.8. The standard InChI is InChI=1S/C28H35N5O6/c1-7-38-21-10-16-12-33(26(29)23(16)31-24(21)27(37)30-5)14-20(34)15-8-18(28(2,3)4)25-19(9-15)32(6)13-17(39-25)11-22(35)36/h8-10,17,29H,7,11-14H2,1-6H3,(H,30,37)(H,35,36). The molecular weight excluding hydrogens is 502 g/mol. The van der Waals surface area contributed by atoms with Crippen LogP contribution in [0.15, 0.2) is 18.2 Å². The highest BCUT2D eigenvalue weighted by atomic mass is 16.5. The minimum absolute atomic E-state index is 0.0525. The maximum atomic E-state index is 13.6. The zero-order valence-electron chi connectivity index (χ0n) is 23.2. The Morgan fingerprint density at radius 3 is 2.59 bits per heavy atom. The summed E-state index contributed by atoms with van der Waals surface area (Å²) in [5.74, 6) is -0.527. The average molecular weight is 538 g/mol. The van der Waals surface area contributed by atoms with Gasteiger partial charge in [-0.05, 0) is 30.5 Å². The fraction of sp³-hybridized carbons (Fsp3) is 0.464. The molecule has 11 heteroatoms. The number of amides is 1. The number of carbonyl (C=O) groups is 3. The number of anilines is 1. The summed E-state index contributed by atoms with van der Waals surface area (Å²) in [5, 5.41) is 20.5. The normalized spacial score (nSPS) is 16.4. The number of amidine groups is 1. The third-order valence-corrected chi connectivity index (χ3v) is 6.82. The third-order valence-electron chi connectivity index (χ3n) is 6.82. The van der Waals surface area contributed by atoms with Crippen molar-refractivity contribution in [3.05, 3.63) is 46.3 Å². The molecule has 11 nitrogen and oxygen atoms in total. The quantitative estimate of drug-likeness (QED) is 0.433. The van der Waals surface area contributed by atoms with Crippen LogP contribution in [0.3, 0.4) is 0 Å². The van der Waals surface area contributed by atoms with Gasteiger partial charge in [0.2, 0.25) is 0 Å². The molecule has 0 spiro atoms. The molecular formula is C28H35N5O6. The van der Waals surface area contributed by atoms with Crippen molar-refractivity contribution < 1.29 is 29.0 Å². The van der Waals surface area contributed by atoms with Crippen LogP contribution in [0, 0.1) is 5.41 Å². The van der Waals surface area contributed by atoms with E-state index in [1.54, 1.807) is 23.1 Å². The molecule has 0 radical (unpaired) electrons. The number of ketones is 1. The second-order valence-corrected chi connectivity index (χ2v) is 10.8. The number of rotatable bonds is 8. The Bertz CT molecular complexity index is 1350. The molecule has 0 aliphatic carbocycles. The Hall–Kier alpha value is -4.15. The van der Waals surface area contributed by atoms with Crippen LogP contribution in [0.4, 0.5) is 5.69 Å². The van der Waals surface area contributed by atoms with E-state index < -0.39 is 18.0 Å². The van der Waals surface area contributed by atoms with E-state index in [0.29, 0.717) is 41.5 Å². The number of likely N-dealkylation sites (N-methyl/N-ethyl adjacent to an activating group) is 1. The van der Waals surface area contributed by atoms with Crippen LogP contribution in [0.1, 0.15) is 71.8 Å². The van der Waals surface area contributed by atoms with Gasteiger partial charge in [0.1, 0.15) is 23.4 Å². The summed E-state index contributed by atoms with van der Waals surface area (Å²) < 4.78 is 11.8. The largest absolute Gasteiger partial charge is 0.491 e. The predicted molar refractivity (Wildman–Crippen MR) is 145 cm³/mol. The van der Waals surface area contributed by atoms with Gasteiger partial charge in [0.25, 0.3) is 5.91 Å². The lowest BCUT2D eigenvalue weighted by molar-refractivity contribution is -0.138. The van der Waals surface area contributed by atoms with Gasteiger partial charge in [-0.25, -0.2) is 4.98 Å². The Morgan fingerprint density at radius 2 is 1.97 bits per heavy atom. The fourth-order valence-electron chi connectivity index (χ4n) is 4.89. The van der Waals surface area contributed by atoms with Gasteiger partial charge in [0.05, 0.1) is 31.8 Å². The van der Waals surface area contributed by atoms with Gasteiger partial charge in [-0.1, -0.05) is 20.8 Å². The van der Waals surface area contributed by atoms with E-state index in [-0.39, 0.29) is 42.2 Å². The number of carboxylic acids is 1. The van der Waals surface area contributed by atoms with E-state index >= 15 is 0 Å². The van der Waals surface area contributed by atoms with Crippen molar-refractivity contribution in [3.63, 3.8) is 0 Å². The van der Waals surface area contributed by atoms with Crippen molar-refractivity contribution in [1.29, 1.82) is 5.41 Å². The van der Waals surface area contributed by atoms with E-state index in [4.69, 9.17) is 14.9 Å². The number of aliphatic carboxylic acids is 1. The first-order valence-corrected chi connectivity index (χ1v) is 12.9. The van der Waals surface area contributed by atoms with Gasteiger partial charge in [-0.3, -0.25) is 19.8 Å². The number of ether oxygens (including phenoxy) is 2. The summed E-state index contributed by atoms with van der Waals surface area (Å²) in [5.41, 5.74) is 2.80. The molecule has 0 saturated heterocycles. The van der Waals surface area contributed by atoms with Crippen LogP contribution in [-0.2, 0) is 16.8 Å². The van der Waals surface area contributed by atoms with Crippen LogP contribution in [0.2, 0.25) is 0 Å². The highest BCUT2D eigenvalue weighted by molar-refractivity contribution is 6.06. The Kier molecular flexibility index (Phi) is 7.54. The van der Waals surface area contributed by atoms with E-state index in [1.165, 1.54) is 7.05 Å². The number of nitrogens with one attached hydrogen (secondary N) is 2. The average Bonchev–Trinajstić information content (AvgIpc) is 3.15. The minimum atomic E-state index is -0.930. The summed E-state index contributed by atoms with van der Waals surface area (Å²) in [4.78, 5) is 45.2. The Balaban J connectivity index is 1.63. The zero-order chi connectivity index (χ0) is 28.6. The SMILES string of the molecule is CCOc1cc2c(nc1C(=O)NC)C(=N)N(CC(=O)c1cc3c(c(C(C)(C)C)c1)OC(CC(=O)O)CN3C)C2. The smallest absolute Gasteiger partial charge is 0.307 e. The van der Waals surface area contributed by atoms with Crippen molar-refractivity contribution in [1.82, 2.24) is 15.2 Å². The topological polar surface area (TPSA) is 145 Å². The number of carboxylic acid groups (broad SMARTS) is 1. The summed E-state index contributed by atoms with van der Waals surface area (Å²) in [6.07, 6.45) is -0.619. The molecule has 1 aromatic heterocycles. The lowest BCUT2D eigenvalue weighted by Gasteiger charge is -2.37. The van der Waals surface area contributed by atoms with Gasteiger partial charge in [-0.15, -0.1) is 0 Å². The van der Waals surface area contributed by atoms with Crippen molar-refractivity contribution in [2.24, 2.45) is 0 Å². The summed E-state index contributed by atoms with van der Waals surface area (Å²) in [6, 6.07) is 5.29. The van der Waals surface area contributed by atoms with Crippen molar-refractivity contribution in [2.45, 2.75) is 52.2 Å². The third kappa shape index (κ3) is 5.52. The number of benzene rings is 1. The Labute approximate surface area is 227 Å². The molecule has 0 fully saturated rings. The van der Waals surface area contributed by atoms with Gasteiger partial charge in [0, 0.05) is 37.3 Å². The van der Waals surface area contributed by atoms with E-state index in [0.717, 1.165) is 11.3 Å². The molecule has 39 heavy (non-hydrogen) atoms. The highest BCUT2D eigenvalue weighted by Crippen LogP contribution is 2.43. The molecule has 0 bridgehead atoms. The summed E-state index contributed by atoms with van der Waals surface area (Å²) >= 11 is 0. The number of fused-ring (bicyclic) bond motifs is 2. The molecule has 2 aliphatic rings. The number of aromatic nitrogens is 1. The van der Waals surface area contributed by atoms with Crippen molar-refractivity contribution in [2.75, 3.05) is 38.7 Å². The monoisotopic (exact) mass is 537 g/mol. The maximum absolute atomic E-state index is 13.6. The number of pyridine rings is 1. The molecule has 1 atom stereocenters. The molecule has 2 aliphatic heterocycles. The van der Waals surface area contributed by atoms with Gasteiger partial charge in [0.15, 0.2) is 17.2 Å². The molecule has 1 unspecified atom stereocenters. The molecule has 2 aromatic rings. The molecule has 3 N–H and O–H groups in total. The lowest BCUT2D eigenvalue weighted by atomic mass is 9.83. The number of nitrogens with zero attached hydrogens (tertiary/aromatic N) is 3. The maximum Gasteiger partial charge on any atom is 0.307 e.